The first-order valence-electron chi connectivity index (χ1n) is 5.25. The minimum Gasteiger partial charge on any atom is -0.299 e. The molecule has 72 valence electrons. The van der Waals surface area contributed by atoms with Gasteiger partial charge in [-0.15, -0.1) is 0 Å². The molecule has 0 saturated heterocycles. The zero-order valence-corrected chi connectivity index (χ0v) is 8.73. The molecule has 0 fully saturated rings. The van der Waals surface area contributed by atoms with Crippen LogP contribution in [0.15, 0.2) is 0 Å². The first-order valence-corrected chi connectivity index (χ1v) is 5.25. The number of unbranched alkanes of at least 4 members (excludes halogenated alkanes) is 3. The smallest absolute Gasteiger partial charge is 0.135 e. The lowest BCUT2D eigenvalue weighted by molar-refractivity contribution is -0.122. The second-order valence-corrected chi connectivity index (χ2v) is 3.59. The van der Waals surface area contributed by atoms with E-state index in [4.69, 9.17) is 0 Å². The lowest BCUT2D eigenvalue weighted by Gasteiger charge is -2.06. The maximum Gasteiger partial charge on any atom is 0.135 e. The van der Waals surface area contributed by atoms with Crippen molar-refractivity contribution in [3.63, 3.8) is 0 Å². The Hall–Kier alpha value is -0.330. The van der Waals surface area contributed by atoms with Crippen LogP contribution >= 0.6 is 0 Å². The quantitative estimate of drug-likeness (QED) is 0.534. The molecule has 0 aliphatic heterocycles. The summed E-state index contributed by atoms with van der Waals surface area (Å²) in [5, 5.41) is 0. The highest BCUT2D eigenvalue weighted by molar-refractivity contribution is 5.80. The third-order valence-electron chi connectivity index (χ3n) is 2.44. The Morgan fingerprint density at radius 1 is 1.17 bits per heavy atom. The summed E-state index contributed by atoms with van der Waals surface area (Å²) in [5.41, 5.74) is 0. The number of carbonyl (C=O) groups excluding carboxylic acids is 1. The molecule has 12 heavy (non-hydrogen) atoms. The maximum atomic E-state index is 11.3. The molecule has 0 radical (unpaired) electrons. The molecule has 1 atom stereocenters. The number of hydrogen-bond donors (Lipinski definition) is 0. The van der Waals surface area contributed by atoms with Gasteiger partial charge >= 0.3 is 0 Å². The van der Waals surface area contributed by atoms with Crippen LogP contribution in [0, 0.1) is 5.92 Å². The van der Waals surface area contributed by atoms with Crippen molar-refractivity contribution in [3.05, 3.63) is 0 Å². The van der Waals surface area contributed by atoms with E-state index < -0.39 is 0 Å². The van der Waals surface area contributed by atoms with Gasteiger partial charge in [0.1, 0.15) is 5.78 Å². The van der Waals surface area contributed by atoms with Gasteiger partial charge in [-0.25, -0.2) is 0 Å². The van der Waals surface area contributed by atoms with Crippen LogP contribution in [-0.4, -0.2) is 5.78 Å². The standard InChI is InChI=1S/C11H22O/c1-4-6-7-8-9-11(12)10(3)5-2/h10H,4-9H2,1-3H3/t10-/m0/s1. The van der Waals surface area contributed by atoms with Crippen LogP contribution < -0.4 is 0 Å². The Morgan fingerprint density at radius 3 is 2.33 bits per heavy atom. The minimum absolute atomic E-state index is 0.284. The number of Topliss-reactive ketones (excluding diaryl/α,β-unsaturated/α-hetero) is 1. The van der Waals surface area contributed by atoms with E-state index in [-0.39, 0.29) is 5.92 Å². The highest BCUT2D eigenvalue weighted by Gasteiger charge is 2.08. The summed E-state index contributed by atoms with van der Waals surface area (Å²) < 4.78 is 0. The molecule has 0 aromatic carbocycles. The van der Waals surface area contributed by atoms with E-state index in [2.05, 4.69) is 13.8 Å². The van der Waals surface area contributed by atoms with Crippen molar-refractivity contribution >= 4 is 5.78 Å². The molecule has 0 aromatic rings. The van der Waals surface area contributed by atoms with E-state index in [1.807, 2.05) is 6.92 Å². The molecule has 0 saturated carbocycles. The lowest BCUT2D eigenvalue weighted by atomic mass is 9.98. The van der Waals surface area contributed by atoms with E-state index in [1.54, 1.807) is 0 Å². The second-order valence-electron chi connectivity index (χ2n) is 3.59. The van der Waals surface area contributed by atoms with Gasteiger partial charge in [0.2, 0.25) is 0 Å². The molecule has 1 heteroatoms. The summed E-state index contributed by atoms with van der Waals surface area (Å²) in [5.74, 6) is 0.736. The van der Waals surface area contributed by atoms with Gasteiger partial charge in [0, 0.05) is 12.3 Å². The molecule has 0 aromatic heterocycles. The summed E-state index contributed by atoms with van der Waals surface area (Å²) in [6, 6.07) is 0. The third kappa shape index (κ3) is 5.34. The van der Waals surface area contributed by atoms with Crippen LogP contribution in [-0.2, 0) is 4.79 Å². The zero-order valence-electron chi connectivity index (χ0n) is 8.73. The van der Waals surface area contributed by atoms with Crippen LogP contribution in [0.25, 0.3) is 0 Å². The van der Waals surface area contributed by atoms with Gasteiger partial charge in [-0.2, -0.15) is 0 Å². The minimum atomic E-state index is 0.284. The van der Waals surface area contributed by atoms with Crippen molar-refractivity contribution < 1.29 is 4.79 Å². The van der Waals surface area contributed by atoms with Gasteiger partial charge in [0.25, 0.3) is 0 Å². The monoisotopic (exact) mass is 170 g/mol. The van der Waals surface area contributed by atoms with E-state index in [0.29, 0.717) is 5.78 Å². The number of carbonyl (C=O) groups is 1. The van der Waals surface area contributed by atoms with E-state index in [1.165, 1.54) is 19.3 Å². The van der Waals surface area contributed by atoms with Crippen molar-refractivity contribution in [1.82, 2.24) is 0 Å². The van der Waals surface area contributed by atoms with Crippen molar-refractivity contribution in [2.75, 3.05) is 0 Å². The summed E-state index contributed by atoms with van der Waals surface area (Å²) in [6.07, 6.45) is 6.63. The normalized spacial score (nSPS) is 12.9. The van der Waals surface area contributed by atoms with Gasteiger partial charge in [-0.05, 0) is 12.8 Å². The Bertz CT molecular complexity index is 118. The number of rotatable bonds is 7. The fraction of sp³-hybridized carbons (Fsp3) is 0.909. The highest BCUT2D eigenvalue weighted by atomic mass is 16.1. The largest absolute Gasteiger partial charge is 0.299 e. The molecular weight excluding hydrogens is 148 g/mol. The molecule has 0 aliphatic rings. The topological polar surface area (TPSA) is 17.1 Å². The van der Waals surface area contributed by atoms with Crippen molar-refractivity contribution in [2.24, 2.45) is 5.92 Å². The molecule has 0 aliphatic carbocycles. The van der Waals surface area contributed by atoms with Gasteiger partial charge < -0.3 is 0 Å². The Labute approximate surface area is 76.6 Å². The van der Waals surface area contributed by atoms with Gasteiger partial charge in [0.15, 0.2) is 0 Å². The fourth-order valence-corrected chi connectivity index (χ4v) is 1.20. The zero-order chi connectivity index (χ0) is 9.40. The van der Waals surface area contributed by atoms with Crippen molar-refractivity contribution in [2.45, 2.75) is 59.3 Å². The first kappa shape index (κ1) is 11.7. The predicted molar refractivity (Wildman–Crippen MR) is 53.2 cm³/mol. The molecular formula is C11H22O. The predicted octanol–water partition coefficient (Wildman–Crippen LogP) is 3.57. The molecule has 0 heterocycles. The van der Waals surface area contributed by atoms with E-state index in [9.17, 15) is 4.79 Å². The van der Waals surface area contributed by atoms with E-state index >= 15 is 0 Å². The Kier molecular flexibility index (Phi) is 7.12. The molecule has 0 N–H and O–H groups in total. The molecule has 0 rings (SSSR count). The Balaban J connectivity index is 3.31. The van der Waals surface area contributed by atoms with Crippen LogP contribution in [0.2, 0.25) is 0 Å². The molecule has 1 nitrogen and oxygen atoms in total. The average Bonchev–Trinajstić information content (AvgIpc) is 2.10. The summed E-state index contributed by atoms with van der Waals surface area (Å²) in [6.45, 7) is 6.30. The summed E-state index contributed by atoms with van der Waals surface area (Å²) in [4.78, 5) is 11.3. The third-order valence-corrected chi connectivity index (χ3v) is 2.44. The van der Waals surface area contributed by atoms with Gasteiger partial charge in [-0.3, -0.25) is 4.79 Å². The van der Waals surface area contributed by atoms with Crippen molar-refractivity contribution in [3.8, 4) is 0 Å². The molecule has 0 unspecified atom stereocenters. The van der Waals surface area contributed by atoms with Crippen molar-refractivity contribution in [1.29, 1.82) is 0 Å². The Morgan fingerprint density at radius 2 is 1.83 bits per heavy atom. The number of ketones is 1. The second kappa shape index (κ2) is 7.33. The van der Waals surface area contributed by atoms with Crippen LogP contribution in [0.3, 0.4) is 0 Å². The average molecular weight is 170 g/mol. The number of hydrogen-bond acceptors (Lipinski definition) is 1. The summed E-state index contributed by atoms with van der Waals surface area (Å²) in [7, 11) is 0. The van der Waals surface area contributed by atoms with Crippen LogP contribution in [0.4, 0.5) is 0 Å². The first-order chi connectivity index (χ1) is 5.72. The molecule has 0 spiro atoms. The van der Waals surface area contributed by atoms with Crippen LogP contribution in [0.5, 0.6) is 0 Å². The maximum absolute atomic E-state index is 11.3. The lowest BCUT2D eigenvalue weighted by Crippen LogP contribution is -2.09. The van der Waals surface area contributed by atoms with Gasteiger partial charge in [-0.1, -0.05) is 40.0 Å². The van der Waals surface area contributed by atoms with Gasteiger partial charge in [0.05, 0.1) is 0 Å². The highest BCUT2D eigenvalue weighted by Crippen LogP contribution is 2.09. The van der Waals surface area contributed by atoms with Crippen LogP contribution in [0.1, 0.15) is 59.3 Å². The SMILES string of the molecule is CCCCCCC(=O)[C@@H](C)CC. The fourth-order valence-electron chi connectivity index (χ4n) is 1.20. The molecule has 0 bridgehead atoms. The molecule has 0 amide bonds. The summed E-state index contributed by atoms with van der Waals surface area (Å²) >= 11 is 0. The van der Waals surface area contributed by atoms with E-state index in [0.717, 1.165) is 19.3 Å².